The molecule has 5 heteroatoms. The molecule has 0 bridgehead atoms. The van der Waals surface area contributed by atoms with Gasteiger partial charge in [0.2, 0.25) is 5.91 Å². The molecular formula is C15H20ClFN2O. The Labute approximate surface area is 124 Å². The van der Waals surface area contributed by atoms with Crippen molar-refractivity contribution in [3.63, 3.8) is 0 Å². The Morgan fingerprint density at radius 3 is 2.70 bits per heavy atom. The van der Waals surface area contributed by atoms with Gasteiger partial charge < -0.3 is 4.90 Å². The molecule has 110 valence electrons. The second-order valence-electron chi connectivity index (χ2n) is 5.69. The molecule has 0 N–H and O–H groups in total. The summed E-state index contributed by atoms with van der Waals surface area (Å²) in [4.78, 5) is 16.1. The molecule has 2 rings (SSSR count). The Morgan fingerprint density at radius 2 is 2.10 bits per heavy atom. The Bertz CT molecular complexity index is 493. The summed E-state index contributed by atoms with van der Waals surface area (Å²) in [7, 11) is 0. The fourth-order valence-corrected chi connectivity index (χ4v) is 2.66. The topological polar surface area (TPSA) is 23.6 Å². The zero-order valence-corrected chi connectivity index (χ0v) is 12.7. The standard InChI is InChI=1S/C15H20ClFN2O/c1-11(2)8-18-5-6-19(15(20)10-18)9-12-3-4-14(17)13(16)7-12/h3-4,7,11H,5-6,8-10H2,1-2H3. The molecule has 0 atom stereocenters. The average molecular weight is 299 g/mol. The van der Waals surface area contributed by atoms with E-state index in [1.54, 1.807) is 17.0 Å². The highest BCUT2D eigenvalue weighted by Crippen LogP contribution is 2.18. The van der Waals surface area contributed by atoms with E-state index in [1.165, 1.54) is 6.07 Å². The van der Waals surface area contributed by atoms with Crippen LogP contribution in [0, 0.1) is 11.7 Å². The second-order valence-corrected chi connectivity index (χ2v) is 6.10. The number of hydrogen-bond donors (Lipinski definition) is 0. The van der Waals surface area contributed by atoms with Crippen molar-refractivity contribution in [3.8, 4) is 0 Å². The number of carbonyl (C=O) groups is 1. The molecule has 0 spiro atoms. The van der Waals surface area contributed by atoms with Crippen LogP contribution in [0.4, 0.5) is 4.39 Å². The largest absolute Gasteiger partial charge is 0.336 e. The number of carbonyl (C=O) groups excluding carboxylic acids is 1. The second kappa shape index (κ2) is 6.55. The van der Waals surface area contributed by atoms with E-state index in [2.05, 4.69) is 18.7 Å². The molecule has 1 saturated heterocycles. The molecule has 1 aliphatic rings. The number of amides is 1. The summed E-state index contributed by atoms with van der Waals surface area (Å²) >= 11 is 5.76. The molecule has 1 aliphatic heterocycles. The number of benzene rings is 1. The van der Waals surface area contributed by atoms with Crippen LogP contribution in [0.2, 0.25) is 5.02 Å². The number of hydrogen-bond acceptors (Lipinski definition) is 2. The van der Waals surface area contributed by atoms with Gasteiger partial charge in [-0.3, -0.25) is 9.69 Å². The SMILES string of the molecule is CC(C)CN1CCN(Cc2ccc(F)c(Cl)c2)C(=O)C1. The lowest BCUT2D eigenvalue weighted by atomic mass is 10.1. The zero-order chi connectivity index (χ0) is 14.7. The Kier molecular flexibility index (Phi) is 5.00. The third kappa shape index (κ3) is 3.93. The molecule has 1 heterocycles. The summed E-state index contributed by atoms with van der Waals surface area (Å²) in [6.45, 7) is 7.80. The highest BCUT2D eigenvalue weighted by atomic mass is 35.5. The minimum Gasteiger partial charge on any atom is -0.336 e. The molecule has 1 amide bonds. The van der Waals surface area contributed by atoms with E-state index < -0.39 is 5.82 Å². The van der Waals surface area contributed by atoms with Crippen molar-refractivity contribution in [2.24, 2.45) is 5.92 Å². The van der Waals surface area contributed by atoms with Gasteiger partial charge in [-0.25, -0.2) is 4.39 Å². The molecule has 0 aliphatic carbocycles. The summed E-state index contributed by atoms with van der Waals surface area (Å²) in [6, 6.07) is 4.61. The molecule has 1 fully saturated rings. The molecule has 1 aromatic carbocycles. The quantitative estimate of drug-likeness (QED) is 0.853. The highest BCUT2D eigenvalue weighted by Gasteiger charge is 2.24. The third-order valence-electron chi connectivity index (χ3n) is 3.38. The first-order valence-corrected chi connectivity index (χ1v) is 7.27. The van der Waals surface area contributed by atoms with Crippen molar-refractivity contribution >= 4 is 17.5 Å². The van der Waals surface area contributed by atoms with Gasteiger partial charge in [-0.1, -0.05) is 31.5 Å². The van der Waals surface area contributed by atoms with Crippen LogP contribution < -0.4 is 0 Å². The highest BCUT2D eigenvalue weighted by molar-refractivity contribution is 6.30. The number of halogens is 2. The average Bonchev–Trinajstić information content (AvgIpc) is 2.36. The zero-order valence-electron chi connectivity index (χ0n) is 11.9. The molecule has 0 saturated carbocycles. The normalized spacial score (nSPS) is 17.1. The monoisotopic (exact) mass is 298 g/mol. The minimum absolute atomic E-state index is 0.105. The van der Waals surface area contributed by atoms with Crippen LogP contribution in [0.1, 0.15) is 19.4 Å². The first-order chi connectivity index (χ1) is 9.45. The van der Waals surface area contributed by atoms with Gasteiger partial charge in [0.1, 0.15) is 5.82 Å². The molecule has 3 nitrogen and oxygen atoms in total. The Hall–Kier alpha value is -1.13. The van der Waals surface area contributed by atoms with E-state index in [9.17, 15) is 9.18 Å². The molecular weight excluding hydrogens is 279 g/mol. The maximum atomic E-state index is 13.1. The van der Waals surface area contributed by atoms with Crippen LogP contribution in [0.15, 0.2) is 18.2 Å². The molecule has 0 radical (unpaired) electrons. The lowest BCUT2D eigenvalue weighted by Crippen LogP contribution is -2.50. The predicted octanol–water partition coefficient (Wildman–Crippen LogP) is 2.78. The van der Waals surface area contributed by atoms with Crippen LogP contribution >= 0.6 is 11.6 Å². The third-order valence-corrected chi connectivity index (χ3v) is 3.67. The lowest BCUT2D eigenvalue weighted by Gasteiger charge is -2.35. The number of rotatable bonds is 4. The van der Waals surface area contributed by atoms with E-state index in [4.69, 9.17) is 11.6 Å². The molecule has 0 aromatic heterocycles. The summed E-state index contributed by atoms with van der Waals surface area (Å²) in [6.07, 6.45) is 0. The number of nitrogens with zero attached hydrogens (tertiary/aromatic N) is 2. The van der Waals surface area contributed by atoms with Crippen LogP contribution in [-0.2, 0) is 11.3 Å². The first-order valence-electron chi connectivity index (χ1n) is 6.89. The summed E-state index contributed by atoms with van der Waals surface area (Å²) in [5, 5.41) is 0.105. The minimum atomic E-state index is -0.427. The van der Waals surface area contributed by atoms with E-state index in [1.807, 2.05) is 0 Å². The smallest absolute Gasteiger partial charge is 0.237 e. The fourth-order valence-electron chi connectivity index (χ4n) is 2.46. The van der Waals surface area contributed by atoms with Crippen LogP contribution in [0.25, 0.3) is 0 Å². The van der Waals surface area contributed by atoms with Gasteiger partial charge in [0.15, 0.2) is 0 Å². The lowest BCUT2D eigenvalue weighted by molar-refractivity contribution is -0.136. The van der Waals surface area contributed by atoms with Gasteiger partial charge in [0, 0.05) is 26.2 Å². The van der Waals surface area contributed by atoms with E-state index >= 15 is 0 Å². The summed E-state index contributed by atoms with van der Waals surface area (Å²) in [5.74, 6) is 0.256. The van der Waals surface area contributed by atoms with Gasteiger partial charge in [-0.15, -0.1) is 0 Å². The van der Waals surface area contributed by atoms with Crippen molar-refractivity contribution in [2.45, 2.75) is 20.4 Å². The maximum Gasteiger partial charge on any atom is 0.237 e. The molecule has 20 heavy (non-hydrogen) atoms. The van der Waals surface area contributed by atoms with E-state index in [-0.39, 0.29) is 10.9 Å². The van der Waals surface area contributed by atoms with Crippen molar-refractivity contribution < 1.29 is 9.18 Å². The first kappa shape index (κ1) is 15.3. The van der Waals surface area contributed by atoms with Crippen LogP contribution in [-0.4, -0.2) is 41.9 Å². The van der Waals surface area contributed by atoms with Crippen molar-refractivity contribution in [1.82, 2.24) is 9.80 Å². The fraction of sp³-hybridized carbons (Fsp3) is 0.533. The van der Waals surface area contributed by atoms with Crippen LogP contribution in [0.5, 0.6) is 0 Å². The van der Waals surface area contributed by atoms with Crippen molar-refractivity contribution in [1.29, 1.82) is 0 Å². The molecule has 1 aromatic rings. The van der Waals surface area contributed by atoms with Gasteiger partial charge in [-0.2, -0.15) is 0 Å². The van der Waals surface area contributed by atoms with Gasteiger partial charge >= 0.3 is 0 Å². The Morgan fingerprint density at radius 1 is 1.35 bits per heavy atom. The summed E-state index contributed by atoms with van der Waals surface area (Å²) in [5.41, 5.74) is 0.863. The predicted molar refractivity (Wildman–Crippen MR) is 78.1 cm³/mol. The van der Waals surface area contributed by atoms with Crippen molar-refractivity contribution in [3.05, 3.63) is 34.6 Å². The molecule has 0 unspecified atom stereocenters. The summed E-state index contributed by atoms with van der Waals surface area (Å²) < 4.78 is 13.1. The van der Waals surface area contributed by atoms with E-state index in [0.717, 1.165) is 18.7 Å². The van der Waals surface area contributed by atoms with Gasteiger partial charge in [-0.05, 0) is 23.6 Å². The van der Waals surface area contributed by atoms with Gasteiger partial charge in [0.25, 0.3) is 0 Å². The Balaban J connectivity index is 1.94. The van der Waals surface area contributed by atoms with Crippen LogP contribution in [0.3, 0.4) is 0 Å². The van der Waals surface area contributed by atoms with Gasteiger partial charge in [0.05, 0.1) is 11.6 Å². The van der Waals surface area contributed by atoms with E-state index in [0.29, 0.717) is 25.6 Å². The maximum absolute atomic E-state index is 13.1. The van der Waals surface area contributed by atoms with Crippen molar-refractivity contribution in [2.75, 3.05) is 26.2 Å². The number of piperazine rings is 1.